The highest BCUT2D eigenvalue weighted by atomic mass is 32.2. The Balaban J connectivity index is 1.79. The van der Waals surface area contributed by atoms with Gasteiger partial charge in [-0.15, -0.1) is 0 Å². The zero-order valence-electron chi connectivity index (χ0n) is 10.5. The van der Waals surface area contributed by atoms with Crippen LogP contribution >= 0.6 is 0 Å². The number of rotatable bonds is 6. The average molecular weight is 283 g/mol. The van der Waals surface area contributed by atoms with E-state index in [2.05, 4.69) is 4.72 Å². The van der Waals surface area contributed by atoms with E-state index in [-0.39, 0.29) is 12.4 Å². The zero-order valence-corrected chi connectivity index (χ0v) is 11.4. The summed E-state index contributed by atoms with van der Waals surface area (Å²) in [6, 6.07) is 9.01. The molecule has 1 heterocycles. The Bertz CT molecular complexity index is 527. The molecule has 1 N–H and O–H groups in total. The van der Waals surface area contributed by atoms with Crippen LogP contribution in [0.3, 0.4) is 0 Å². The van der Waals surface area contributed by atoms with Gasteiger partial charge in [-0.25, -0.2) is 13.1 Å². The van der Waals surface area contributed by atoms with Crippen LogP contribution < -0.4 is 4.72 Å². The minimum absolute atomic E-state index is 0.0195. The molecule has 0 radical (unpaired) electrons. The van der Waals surface area contributed by atoms with Crippen molar-refractivity contribution in [3.8, 4) is 0 Å². The highest BCUT2D eigenvalue weighted by molar-refractivity contribution is 7.89. The van der Waals surface area contributed by atoms with Crippen molar-refractivity contribution < 1.29 is 17.9 Å². The van der Waals surface area contributed by atoms with Crippen LogP contribution in [0.5, 0.6) is 0 Å². The molecule has 0 spiro atoms. The quantitative estimate of drug-likeness (QED) is 0.786. The van der Waals surface area contributed by atoms with Crippen LogP contribution in [0.1, 0.15) is 18.4 Å². The second-order valence-electron chi connectivity index (χ2n) is 4.53. The molecule has 1 unspecified atom stereocenters. The molecule has 1 aromatic rings. The molecule has 19 heavy (non-hydrogen) atoms. The number of carbonyl (C=O) groups excluding carboxylic acids is 1. The Kier molecular flexibility index (Phi) is 4.55. The Hall–Kier alpha value is -1.40. The van der Waals surface area contributed by atoms with Crippen LogP contribution in [0.15, 0.2) is 30.3 Å². The number of cyclic esters (lactones) is 1. The van der Waals surface area contributed by atoms with Crippen molar-refractivity contribution in [1.82, 2.24) is 4.72 Å². The third kappa shape index (κ3) is 4.33. The van der Waals surface area contributed by atoms with Crippen molar-refractivity contribution >= 4 is 16.0 Å². The van der Waals surface area contributed by atoms with E-state index in [9.17, 15) is 13.2 Å². The van der Waals surface area contributed by atoms with Gasteiger partial charge >= 0.3 is 5.97 Å². The maximum absolute atomic E-state index is 11.8. The molecule has 1 aromatic carbocycles. The fourth-order valence-corrected chi connectivity index (χ4v) is 3.28. The van der Waals surface area contributed by atoms with E-state index in [4.69, 9.17) is 4.74 Å². The Labute approximate surface area is 113 Å². The van der Waals surface area contributed by atoms with Gasteiger partial charge in [0.2, 0.25) is 10.0 Å². The zero-order chi connectivity index (χ0) is 13.7. The SMILES string of the molecule is O=C1OCCC1NS(=O)(=O)CCCc1ccccc1. The summed E-state index contributed by atoms with van der Waals surface area (Å²) in [5, 5.41) is 0. The van der Waals surface area contributed by atoms with Gasteiger partial charge in [-0.3, -0.25) is 4.79 Å². The van der Waals surface area contributed by atoms with E-state index in [0.717, 1.165) is 5.56 Å². The first kappa shape index (κ1) is 14.0. The molecule has 2 rings (SSSR count). The van der Waals surface area contributed by atoms with Crippen molar-refractivity contribution in [2.45, 2.75) is 25.3 Å². The van der Waals surface area contributed by atoms with Crippen molar-refractivity contribution in [2.75, 3.05) is 12.4 Å². The van der Waals surface area contributed by atoms with E-state index >= 15 is 0 Å². The van der Waals surface area contributed by atoms with Crippen LogP contribution in [0.4, 0.5) is 0 Å². The minimum atomic E-state index is -3.42. The number of carbonyl (C=O) groups is 1. The summed E-state index contributed by atoms with van der Waals surface area (Å²) in [7, 11) is -3.42. The second-order valence-corrected chi connectivity index (χ2v) is 6.41. The number of esters is 1. The Morgan fingerprint density at radius 3 is 2.63 bits per heavy atom. The normalized spacial score (nSPS) is 19.4. The largest absolute Gasteiger partial charge is 0.464 e. The van der Waals surface area contributed by atoms with Crippen LogP contribution in [0, 0.1) is 0 Å². The third-order valence-electron chi connectivity index (χ3n) is 2.98. The molecule has 104 valence electrons. The molecule has 1 aliphatic rings. The minimum Gasteiger partial charge on any atom is -0.464 e. The lowest BCUT2D eigenvalue weighted by molar-refractivity contribution is -0.139. The molecule has 1 fully saturated rings. The fraction of sp³-hybridized carbons (Fsp3) is 0.462. The first-order valence-electron chi connectivity index (χ1n) is 6.27. The lowest BCUT2D eigenvalue weighted by atomic mass is 10.1. The number of hydrogen-bond acceptors (Lipinski definition) is 4. The maximum Gasteiger partial charge on any atom is 0.324 e. The smallest absolute Gasteiger partial charge is 0.324 e. The number of hydrogen-bond donors (Lipinski definition) is 1. The molecular weight excluding hydrogens is 266 g/mol. The topological polar surface area (TPSA) is 72.5 Å². The van der Waals surface area contributed by atoms with Gasteiger partial charge in [-0.2, -0.15) is 0 Å². The predicted octanol–water partition coefficient (Wildman–Crippen LogP) is 0.854. The van der Waals surface area contributed by atoms with Gasteiger partial charge in [0, 0.05) is 6.42 Å². The summed E-state index contributed by atoms with van der Waals surface area (Å²) in [5.41, 5.74) is 1.11. The van der Waals surface area contributed by atoms with Gasteiger partial charge in [0.1, 0.15) is 6.04 Å². The summed E-state index contributed by atoms with van der Waals surface area (Å²) < 4.78 is 30.7. The molecule has 0 aromatic heterocycles. The first-order chi connectivity index (χ1) is 9.07. The van der Waals surface area contributed by atoms with Gasteiger partial charge in [-0.05, 0) is 18.4 Å². The van der Waals surface area contributed by atoms with Gasteiger partial charge in [0.15, 0.2) is 0 Å². The molecule has 0 amide bonds. The predicted molar refractivity (Wildman–Crippen MR) is 71.0 cm³/mol. The van der Waals surface area contributed by atoms with Crippen LogP contribution in [0.2, 0.25) is 0 Å². The summed E-state index contributed by atoms with van der Waals surface area (Å²) in [6.45, 7) is 0.288. The Morgan fingerprint density at radius 2 is 2.00 bits per heavy atom. The van der Waals surface area contributed by atoms with Crippen LogP contribution in [-0.4, -0.2) is 32.8 Å². The Morgan fingerprint density at radius 1 is 1.26 bits per heavy atom. The monoisotopic (exact) mass is 283 g/mol. The molecule has 1 atom stereocenters. The third-order valence-corrected chi connectivity index (χ3v) is 4.45. The highest BCUT2D eigenvalue weighted by Crippen LogP contribution is 2.09. The molecule has 0 aliphatic carbocycles. The summed E-state index contributed by atoms with van der Waals surface area (Å²) in [6.07, 6.45) is 1.65. The standard InChI is InChI=1S/C13H17NO4S/c15-13-12(8-9-18-13)14-19(16,17)10-4-7-11-5-2-1-3-6-11/h1-3,5-6,12,14H,4,7-10H2. The number of sulfonamides is 1. The summed E-state index contributed by atoms with van der Waals surface area (Å²) in [5.74, 6) is -0.460. The van der Waals surface area contributed by atoms with Crippen molar-refractivity contribution in [3.63, 3.8) is 0 Å². The summed E-state index contributed by atoms with van der Waals surface area (Å²) in [4.78, 5) is 11.2. The van der Waals surface area contributed by atoms with Gasteiger partial charge in [0.25, 0.3) is 0 Å². The van der Waals surface area contributed by atoms with Crippen LogP contribution in [0.25, 0.3) is 0 Å². The number of benzene rings is 1. The number of nitrogens with one attached hydrogen (secondary N) is 1. The second kappa shape index (κ2) is 6.16. The van der Waals surface area contributed by atoms with Crippen molar-refractivity contribution in [1.29, 1.82) is 0 Å². The molecule has 6 heteroatoms. The van der Waals surface area contributed by atoms with Gasteiger partial charge in [0.05, 0.1) is 12.4 Å². The van der Waals surface area contributed by atoms with Gasteiger partial charge < -0.3 is 4.74 Å². The highest BCUT2D eigenvalue weighted by Gasteiger charge is 2.30. The fourth-order valence-electron chi connectivity index (χ4n) is 1.99. The lowest BCUT2D eigenvalue weighted by Crippen LogP contribution is -2.39. The van der Waals surface area contributed by atoms with E-state index in [1.54, 1.807) is 0 Å². The molecule has 0 saturated carbocycles. The molecular formula is C13H17NO4S. The van der Waals surface area contributed by atoms with E-state index < -0.39 is 22.0 Å². The van der Waals surface area contributed by atoms with E-state index in [1.807, 2.05) is 30.3 Å². The van der Waals surface area contributed by atoms with Crippen molar-refractivity contribution in [3.05, 3.63) is 35.9 Å². The van der Waals surface area contributed by atoms with Crippen LogP contribution in [-0.2, 0) is 26.0 Å². The summed E-state index contributed by atoms with van der Waals surface area (Å²) >= 11 is 0. The molecule has 1 saturated heterocycles. The molecule has 0 bridgehead atoms. The van der Waals surface area contributed by atoms with Gasteiger partial charge in [-0.1, -0.05) is 30.3 Å². The number of aryl methyl sites for hydroxylation is 1. The number of ether oxygens (including phenoxy) is 1. The maximum atomic E-state index is 11.8. The van der Waals surface area contributed by atoms with E-state index in [0.29, 0.717) is 19.3 Å². The first-order valence-corrected chi connectivity index (χ1v) is 7.93. The molecule has 5 nitrogen and oxygen atoms in total. The molecule has 1 aliphatic heterocycles. The average Bonchev–Trinajstić information content (AvgIpc) is 2.75. The lowest BCUT2D eigenvalue weighted by Gasteiger charge is -2.09. The van der Waals surface area contributed by atoms with E-state index in [1.165, 1.54) is 0 Å². The van der Waals surface area contributed by atoms with Crippen molar-refractivity contribution in [2.24, 2.45) is 0 Å².